The van der Waals surface area contributed by atoms with Gasteiger partial charge in [0.2, 0.25) is 5.88 Å². The molecule has 2 unspecified atom stereocenters. The van der Waals surface area contributed by atoms with Crippen LogP contribution in [0, 0.1) is 17.8 Å². The highest BCUT2D eigenvalue weighted by atomic mass is 16.5. The van der Waals surface area contributed by atoms with Gasteiger partial charge in [0, 0.05) is 13.1 Å². The molecular weight excluding hydrogens is 238 g/mol. The van der Waals surface area contributed by atoms with Crippen molar-refractivity contribution in [2.75, 3.05) is 30.3 Å². The van der Waals surface area contributed by atoms with Crippen LogP contribution in [0.1, 0.15) is 26.7 Å². The van der Waals surface area contributed by atoms with Gasteiger partial charge in [-0.3, -0.25) is 0 Å². The molecule has 1 aromatic heterocycles. The first-order chi connectivity index (χ1) is 9.13. The van der Waals surface area contributed by atoms with E-state index in [1.165, 1.54) is 12.8 Å². The molecule has 19 heavy (non-hydrogen) atoms. The second kappa shape index (κ2) is 4.91. The fourth-order valence-corrected chi connectivity index (χ4v) is 2.53. The van der Waals surface area contributed by atoms with Gasteiger partial charge in [-0.05, 0) is 42.7 Å². The highest BCUT2D eigenvalue weighted by Gasteiger charge is 2.27. The zero-order valence-electron chi connectivity index (χ0n) is 11.8. The summed E-state index contributed by atoms with van der Waals surface area (Å²) >= 11 is 0. The number of anilines is 2. The predicted octanol–water partition coefficient (Wildman–Crippen LogP) is 2.54. The minimum Gasteiger partial charge on any atom is -0.476 e. The van der Waals surface area contributed by atoms with Crippen molar-refractivity contribution in [3.63, 3.8) is 0 Å². The van der Waals surface area contributed by atoms with Gasteiger partial charge in [-0.2, -0.15) is 4.98 Å². The molecule has 2 fully saturated rings. The summed E-state index contributed by atoms with van der Waals surface area (Å²) in [5, 5.41) is 0. The smallest absolute Gasteiger partial charge is 0.239 e. The van der Waals surface area contributed by atoms with Crippen LogP contribution in [0.15, 0.2) is 12.1 Å². The maximum Gasteiger partial charge on any atom is 0.239 e. The highest BCUT2D eigenvalue weighted by molar-refractivity contribution is 5.55. The summed E-state index contributed by atoms with van der Waals surface area (Å²) in [6.07, 6.45) is 2.56. The van der Waals surface area contributed by atoms with Crippen molar-refractivity contribution in [3.05, 3.63) is 12.1 Å². The van der Waals surface area contributed by atoms with E-state index in [1.54, 1.807) is 0 Å². The van der Waals surface area contributed by atoms with Gasteiger partial charge in [-0.25, -0.2) is 0 Å². The number of hydrogen-bond acceptors (Lipinski definition) is 4. The van der Waals surface area contributed by atoms with Crippen LogP contribution in [-0.4, -0.2) is 24.7 Å². The molecule has 2 aliphatic rings. The summed E-state index contributed by atoms with van der Waals surface area (Å²) in [6, 6.07) is 3.92. The lowest BCUT2D eigenvalue weighted by Gasteiger charge is -2.18. The van der Waals surface area contributed by atoms with Crippen LogP contribution in [0.4, 0.5) is 11.5 Å². The van der Waals surface area contributed by atoms with Crippen LogP contribution in [0.3, 0.4) is 0 Å². The van der Waals surface area contributed by atoms with Gasteiger partial charge in [0.25, 0.3) is 0 Å². The van der Waals surface area contributed by atoms with Crippen LogP contribution < -0.4 is 15.4 Å². The number of nitrogens with zero attached hydrogens (tertiary/aromatic N) is 2. The number of nitrogens with two attached hydrogens (primary N) is 1. The zero-order valence-corrected chi connectivity index (χ0v) is 11.8. The fraction of sp³-hybridized carbons (Fsp3) is 0.667. The molecule has 1 aliphatic carbocycles. The number of nitrogen functional groups attached to an aromatic ring is 1. The lowest BCUT2D eigenvalue weighted by Crippen LogP contribution is -2.21. The van der Waals surface area contributed by atoms with E-state index in [1.807, 2.05) is 12.1 Å². The normalized spacial score (nSPS) is 26.7. The molecule has 2 heterocycles. The first-order valence-electron chi connectivity index (χ1n) is 7.27. The van der Waals surface area contributed by atoms with Crippen LogP contribution in [0.5, 0.6) is 5.88 Å². The maximum absolute atomic E-state index is 5.94. The molecule has 1 saturated heterocycles. The van der Waals surface area contributed by atoms with Gasteiger partial charge in [0.1, 0.15) is 5.82 Å². The molecule has 4 nitrogen and oxygen atoms in total. The molecule has 1 aliphatic heterocycles. The number of aromatic nitrogens is 1. The van der Waals surface area contributed by atoms with E-state index in [9.17, 15) is 0 Å². The number of rotatable bonds is 4. The van der Waals surface area contributed by atoms with Gasteiger partial charge >= 0.3 is 0 Å². The molecule has 0 radical (unpaired) electrons. The lowest BCUT2D eigenvalue weighted by molar-refractivity contribution is 0.290. The standard InChI is InChI=1S/C15H23N3O/c1-10-7-18(8-11(10)2)14-6-5-13(16)15(17-14)19-9-12-3-4-12/h5-6,10-12H,3-4,7-9,16H2,1-2H3. The Morgan fingerprint density at radius 3 is 2.58 bits per heavy atom. The van der Waals surface area contributed by atoms with Crippen molar-refractivity contribution in [3.8, 4) is 5.88 Å². The minimum absolute atomic E-state index is 0.608. The Kier molecular flexibility index (Phi) is 3.25. The van der Waals surface area contributed by atoms with E-state index in [2.05, 4.69) is 23.7 Å². The molecule has 0 aromatic carbocycles. The summed E-state index contributed by atoms with van der Waals surface area (Å²) in [7, 11) is 0. The van der Waals surface area contributed by atoms with Gasteiger partial charge in [0.05, 0.1) is 12.3 Å². The third kappa shape index (κ3) is 2.77. The average molecular weight is 261 g/mol. The largest absolute Gasteiger partial charge is 0.476 e. The number of ether oxygens (including phenoxy) is 1. The van der Waals surface area contributed by atoms with Crippen molar-refractivity contribution >= 4 is 11.5 Å². The molecule has 2 atom stereocenters. The summed E-state index contributed by atoms with van der Waals surface area (Å²) in [5.41, 5.74) is 6.59. The second-order valence-electron chi connectivity index (χ2n) is 6.18. The van der Waals surface area contributed by atoms with Crippen molar-refractivity contribution in [1.82, 2.24) is 4.98 Å². The van der Waals surface area contributed by atoms with E-state index >= 15 is 0 Å². The van der Waals surface area contributed by atoms with E-state index in [0.717, 1.165) is 43.3 Å². The van der Waals surface area contributed by atoms with Crippen LogP contribution in [0.2, 0.25) is 0 Å². The Hall–Kier alpha value is -1.45. The topological polar surface area (TPSA) is 51.4 Å². The number of pyridine rings is 1. The van der Waals surface area contributed by atoms with Crippen LogP contribution in [0.25, 0.3) is 0 Å². The quantitative estimate of drug-likeness (QED) is 0.905. The van der Waals surface area contributed by atoms with E-state index in [-0.39, 0.29) is 0 Å². The summed E-state index contributed by atoms with van der Waals surface area (Å²) < 4.78 is 5.75. The molecule has 1 aromatic rings. The van der Waals surface area contributed by atoms with Crippen LogP contribution in [-0.2, 0) is 0 Å². The van der Waals surface area contributed by atoms with Gasteiger partial charge in [0.15, 0.2) is 0 Å². The van der Waals surface area contributed by atoms with Gasteiger partial charge < -0.3 is 15.4 Å². The van der Waals surface area contributed by atoms with E-state index < -0.39 is 0 Å². The van der Waals surface area contributed by atoms with Gasteiger partial charge in [-0.15, -0.1) is 0 Å². The van der Waals surface area contributed by atoms with Crippen molar-refractivity contribution in [2.24, 2.45) is 17.8 Å². The predicted molar refractivity (Wildman–Crippen MR) is 77.4 cm³/mol. The Labute approximate surface area is 115 Å². The Morgan fingerprint density at radius 1 is 1.26 bits per heavy atom. The fourth-order valence-electron chi connectivity index (χ4n) is 2.53. The van der Waals surface area contributed by atoms with Crippen molar-refractivity contribution in [2.45, 2.75) is 26.7 Å². The third-order valence-electron chi connectivity index (χ3n) is 4.34. The Morgan fingerprint density at radius 2 is 1.95 bits per heavy atom. The van der Waals surface area contributed by atoms with Gasteiger partial charge in [-0.1, -0.05) is 13.8 Å². The Bertz CT molecular complexity index is 449. The first-order valence-corrected chi connectivity index (χ1v) is 7.27. The van der Waals surface area contributed by atoms with E-state index in [4.69, 9.17) is 10.5 Å². The summed E-state index contributed by atoms with van der Waals surface area (Å²) in [4.78, 5) is 6.93. The van der Waals surface area contributed by atoms with Crippen LogP contribution >= 0.6 is 0 Å². The Balaban J connectivity index is 1.72. The molecule has 2 N–H and O–H groups in total. The van der Waals surface area contributed by atoms with E-state index in [0.29, 0.717) is 11.6 Å². The molecule has 0 amide bonds. The third-order valence-corrected chi connectivity index (χ3v) is 4.34. The first kappa shape index (κ1) is 12.6. The average Bonchev–Trinajstić information content (AvgIpc) is 3.15. The molecule has 1 saturated carbocycles. The highest BCUT2D eigenvalue weighted by Crippen LogP contribution is 2.32. The molecule has 0 bridgehead atoms. The summed E-state index contributed by atoms with van der Waals surface area (Å²) in [6.45, 7) is 7.49. The second-order valence-corrected chi connectivity index (χ2v) is 6.18. The van der Waals surface area contributed by atoms with Crippen molar-refractivity contribution < 1.29 is 4.74 Å². The molecule has 4 heteroatoms. The molecule has 0 spiro atoms. The SMILES string of the molecule is CC1CN(c2ccc(N)c(OCC3CC3)n2)CC1C. The van der Waals surface area contributed by atoms with Crippen molar-refractivity contribution in [1.29, 1.82) is 0 Å². The minimum atomic E-state index is 0.608. The monoisotopic (exact) mass is 261 g/mol. The lowest BCUT2D eigenvalue weighted by atomic mass is 10.0. The molecule has 3 rings (SSSR count). The number of hydrogen-bond donors (Lipinski definition) is 1. The summed E-state index contributed by atoms with van der Waals surface area (Å²) in [5.74, 6) is 3.76. The molecular formula is C15H23N3O. The molecule has 104 valence electrons. The zero-order chi connectivity index (χ0) is 13.4. The maximum atomic E-state index is 5.94.